The molecule has 0 bridgehead atoms. The molecular formula is C22H27N3O4. The van der Waals surface area contributed by atoms with Crippen LogP contribution in [0.1, 0.15) is 24.2 Å². The molecule has 0 saturated carbocycles. The van der Waals surface area contributed by atoms with Gasteiger partial charge in [-0.05, 0) is 44.2 Å². The molecule has 1 saturated heterocycles. The zero-order chi connectivity index (χ0) is 20.6. The number of anilines is 2. The molecule has 0 atom stereocenters. The Balaban J connectivity index is 1.63. The smallest absolute Gasteiger partial charge is 0.411 e. The lowest BCUT2D eigenvalue weighted by Crippen LogP contribution is -2.48. The second-order valence-electron chi connectivity index (χ2n) is 6.61. The maximum atomic E-state index is 12.9. The van der Waals surface area contributed by atoms with E-state index in [9.17, 15) is 9.59 Å². The van der Waals surface area contributed by atoms with Crippen LogP contribution in [0, 0.1) is 0 Å². The van der Waals surface area contributed by atoms with Crippen LogP contribution in [0.4, 0.5) is 16.2 Å². The summed E-state index contributed by atoms with van der Waals surface area (Å²) < 4.78 is 10.6. The van der Waals surface area contributed by atoms with E-state index in [0.717, 1.165) is 24.5 Å². The molecule has 0 unspecified atom stereocenters. The van der Waals surface area contributed by atoms with Crippen LogP contribution in [0.3, 0.4) is 0 Å². The maximum absolute atomic E-state index is 12.9. The van der Waals surface area contributed by atoms with Gasteiger partial charge in [0.15, 0.2) is 0 Å². The molecule has 2 amide bonds. The number of rotatable bonds is 6. The van der Waals surface area contributed by atoms with Crippen LogP contribution in [0.2, 0.25) is 0 Å². The van der Waals surface area contributed by atoms with E-state index in [1.54, 1.807) is 31.2 Å². The highest BCUT2D eigenvalue weighted by Gasteiger charge is 2.24. The molecule has 1 N–H and O–H groups in total. The van der Waals surface area contributed by atoms with Gasteiger partial charge in [0.1, 0.15) is 5.75 Å². The van der Waals surface area contributed by atoms with Gasteiger partial charge in [-0.2, -0.15) is 0 Å². The maximum Gasteiger partial charge on any atom is 0.411 e. The van der Waals surface area contributed by atoms with E-state index in [4.69, 9.17) is 9.47 Å². The van der Waals surface area contributed by atoms with Crippen molar-refractivity contribution in [1.29, 1.82) is 0 Å². The van der Waals surface area contributed by atoms with Crippen LogP contribution in [0.5, 0.6) is 5.75 Å². The van der Waals surface area contributed by atoms with Crippen molar-refractivity contribution in [3.8, 4) is 5.75 Å². The van der Waals surface area contributed by atoms with Crippen LogP contribution < -0.4 is 15.0 Å². The van der Waals surface area contributed by atoms with Gasteiger partial charge in [-0.15, -0.1) is 0 Å². The molecule has 2 aromatic carbocycles. The summed E-state index contributed by atoms with van der Waals surface area (Å²) in [7, 11) is 0. The van der Waals surface area contributed by atoms with Crippen molar-refractivity contribution in [2.75, 3.05) is 49.6 Å². The summed E-state index contributed by atoms with van der Waals surface area (Å²) >= 11 is 0. The number of piperazine rings is 1. The number of nitrogens with one attached hydrogen (secondary N) is 1. The SMILES string of the molecule is CCOC(=O)Nc1cccc(C(=O)N2CCN(c3ccccc3OCC)CC2)c1. The average molecular weight is 397 g/mol. The van der Waals surface area contributed by atoms with Crippen molar-refractivity contribution >= 4 is 23.4 Å². The van der Waals surface area contributed by atoms with Gasteiger partial charge in [0.2, 0.25) is 0 Å². The highest BCUT2D eigenvalue weighted by Crippen LogP contribution is 2.29. The molecule has 0 aromatic heterocycles. The van der Waals surface area contributed by atoms with Crippen molar-refractivity contribution < 1.29 is 19.1 Å². The largest absolute Gasteiger partial charge is 0.492 e. The zero-order valence-electron chi connectivity index (χ0n) is 16.9. The molecular weight excluding hydrogens is 370 g/mol. The Labute approximate surface area is 171 Å². The van der Waals surface area contributed by atoms with E-state index >= 15 is 0 Å². The summed E-state index contributed by atoms with van der Waals surface area (Å²) in [5.41, 5.74) is 2.14. The molecule has 1 aliphatic rings. The first-order valence-electron chi connectivity index (χ1n) is 9.92. The average Bonchev–Trinajstić information content (AvgIpc) is 2.74. The summed E-state index contributed by atoms with van der Waals surface area (Å²) in [4.78, 5) is 28.6. The quantitative estimate of drug-likeness (QED) is 0.806. The Morgan fingerprint density at radius 3 is 2.45 bits per heavy atom. The normalized spacial score (nSPS) is 13.7. The van der Waals surface area contributed by atoms with Crippen LogP contribution in [0.15, 0.2) is 48.5 Å². The van der Waals surface area contributed by atoms with Crippen LogP contribution in [0.25, 0.3) is 0 Å². The third-order valence-corrected chi connectivity index (χ3v) is 4.70. The number of benzene rings is 2. The van der Waals surface area contributed by atoms with Crippen molar-refractivity contribution in [2.24, 2.45) is 0 Å². The fourth-order valence-electron chi connectivity index (χ4n) is 3.34. The second-order valence-corrected chi connectivity index (χ2v) is 6.61. The van der Waals surface area contributed by atoms with Crippen molar-refractivity contribution in [1.82, 2.24) is 4.90 Å². The van der Waals surface area contributed by atoms with E-state index in [0.29, 0.717) is 37.6 Å². The standard InChI is InChI=1S/C22H27N3O4/c1-3-28-20-11-6-5-10-19(20)24-12-14-25(15-13-24)21(26)17-8-7-9-18(16-17)23-22(27)29-4-2/h5-11,16H,3-4,12-15H2,1-2H3,(H,23,27). The number of ether oxygens (including phenoxy) is 2. The molecule has 1 aliphatic heterocycles. The molecule has 7 heteroatoms. The first kappa shape index (κ1) is 20.5. The van der Waals surface area contributed by atoms with Crippen molar-refractivity contribution in [2.45, 2.75) is 13.8 Å². The predicted octanol–water partition coefficient (Wildman–Crippen LogP) is 3.62. The number of nitrogens with zero attached hydrogens (tertiary/aromatic N) is 2. The number of para-hydroxylation sites is 2. The van der Waals surface area contributed by atoms with Crippen molar-refractivity contribution in [3.05, 3.63) is 54.1 Å². The van der Waals surface area contributed by atoms with Crippen LogP contribution in [-0.4, -0.2) is 56.3 Å². The topological polar surface area (TPSA) is 71.1 Å². The molecule has 3 rings (SSSR count). The van der Waals surface area contributed by atoms with Gasteiger partial charge in [0.25, 0.3) is 5.91 Å². The van der Waals surface area contributed by atoms with Crippen LogP contribution >= 0.6 is 0 Å². The first-order valence-corrected chi connectivity index (χ1v) is 9.92. The molecule has 29 heavy (non-hydrogen) atoms. The summed E-state index contributed by atoms with van der Waals surface area (Å²) in [5, 5.41) is 2.63. The Morgan fingerprint density at radius 1 is 0.966 bits per heavy atom. The Morgan fingerprint density at radius 2 is 1.72 bits per heavy atom. The van der Waals surface area contributed by atoms with Gasteiger partial charge in [0, 0.05) is 37.4 Å². The summed E-state index contributed by atoms with van der Waals surface area (Å²) in [6, 6.07) is 14.9. The summed E-state index contributed by atoms with van der Waals surface area (Å²) in [6.07, 6.45) is -0.529. The van der Waals surface area contributed by atoms with Gasteiger partial charge in [-0.3, -0.25) is 10.1 Å². The van der Waals surface area contributed by atoms with Crippen LogP contribution in [-0.2, 0) is 4.74 Å². The molecule has 0 radical (unpaired) electrons. The lowest BCUT2D eigenvalue weighted by atomic mass is 10.1. The van der Waals surface area contributed by atoms with Gasteiger partial charge >= 0.3 is 6.09 Å². The number of carbonyl (C=O) groups excluding carboxylic acids is 2. The molecule has 2 aromatic rings. The molecule has 0 aliphatic carbocycles. The van der Waals surface area contributed by atoms with Gasteiger partial charge in [-0.25, -0.2) is 4.79 Å². The van der Waals surface area contributed by atoms with Crippen molar-refractivity contribution in [3.63, 3.8) is 0 Å². The van der Waals surface area contributed by atoms with E-state index in [-0.39, 0.29) is 5.91 Å². The monoisotopic (exact) mass is 397 g/mol. The minimum atomic E-state index is -0.529. The second kappa shape index (κ2) is 9.82. The number of hydrogen-bond donors (Lipinski definition) is 1. The Kier molecular flexibility index (Phi) is 6.94. The Hall–Kier alpha value is -3.22. The number of hydrogen-bond acceptors (Lipinski definition) is 5. The molecule has 1 heterocycles. The molecule has 0 spiro atoms. The third kappa shape index (κ3) is 5.19. The van der Waals surface area contributed by atoms with E-state index in [2.05, 4.69) is 10.2 Å². The van der Waals surface area contributed by atoms with E-state index in [1.807, 2.05) is 36.1 Å². The summed E-state index contributed by atoms with van der Waals surface area (Å²) in [6.45, 7) is 7.33. The zero-order valence-corrected chi connectivity index (χ0v) is 16.9. The molecule has 1 fully saturated rings. The first-order chi connectivity index (χ1) is 14.1. The fourth-order valence-corrected chi connectivity index (χ4v) is 3.34. The lowest BCUT2D eigenvalue weighted by Gasteiger charge is -2.36. The fraction of sp³-hybridized carbons (Fsp3) is 0.364. The minimum absolute atomic E-state index is 0.0461. The van der Waals surface area contributed by atoms with E-state index in [1.165, 1.54) is 0 Å². The molecule has 154 valence electrons. The number of amides is 2. The van der Waals surface area contributed by atoms with E-state index < -0.39 is 6.09 Å². The third-order valence-electron chi connectivity index (χ3n) is 4.70. The minimum Gasteiger partial charge on any atom is -0.492 e. The highest BCUT2D eigenvalue weighted by molar-refractivity contribution is 5.96. The van der Waals surface area contributed by atoms with Gasteiger partial charge in [-0.1, -0.05) is 18.2 Å². The molecule has 7 nitrogen and oxygen atoms in total. The number of carbonyl (C=O) groups is 2. The van der Waals surface area contributed by atoms with Gasteiger partial charge < -0.3 is 19.3 Å². The van der Waals surface area contributed by atoms with Gasteiger partial charge in [0.05, 0.1) is 18.9 Å². The predicted molar refractivity (Wildman–Crippen MR) is 113 cm³/mol. The Bertz CT molecular complexity index is 847. The summed E-state index contributed by atoms with van der Waals surface area (Å²) in [5.74, 6) is 0.822. The lowest BCUT2D eigenvalue weighted by molar-refractivity contribution is 0.0746. The highest BCUT2D eigenvalue weighted by atomic mass is 16.5.